The predicted octanol–water partition coefficient (Wildman–Crippen LogP) is 3.95. The van der Waals surface area contributed by atoms with Gasteiger partial charge in [0.25, 0.3) is 0 Å². The second-order valence-electron chi connectivity index (χ2n) is 4.87. The first-order valence-corrected chi connectivity index (χ1v) is 8.72. The molecule has 0 bridgehead atoms. The molecule has 4 aromatic heterocycles. The summed E-state index contributed by atoms with van der Waals surface area (Å²) < 4.78 is 0. The summed E-state index contributed by atoms with van der Waals surface area (Å²) in [5, 5.41) is 0.863. The van der Waals surface area contributed by atoms with Gasteiger partial charge in [-0.3, -0.25) is 14.8 Å². The molecule has 5 nitrogen and oxygen atoms in total. The van der Waals surface area contributed by atoms with Crippen molar-refractivity contribution in [3.8, 4) is 20.9 Å². The van der Waals surface area contributed by atoms with Gasteiger partial charge < -0.3 is 0 Å². The van der Waals surface area contributed by atoms with Crippen LogP contribution < -0.4 is 0 Å². The van der Waals surface area contributed by atoms with Crippen LogP contribution in [0.25, 0.3) is 20.9 Å². The minimum atomic E-state index is -0.157. The number of carbonyl (C=O) groups excluding carboxylic acids is 1. The molecule has 0 amide bonds. The van der Waals surface area contributed by atoms with E-state index in [9.17, 15) is 4.79 Å². The smallest absolute Gasteiger partial charge is 0.250 e. The SMILES string of the molecule is O=C(c1ncc(-c2cccnc2)s1)c1ncc(-c2cccnc2)s1. The van der Waals surface area contributed by atoms with Gasteiger partial charge in [0.05, 0.1) is 9.75 Å². The maximum atomic E-state index is 12.6. The highest BCUT2D eigenvalue weighted by molar-refractivity contribution is 7.20. The summed E-state index contributed by atoms with van der Waals surface area (Å²) in [5.74, 6) is -0.157. The summed E-state index contributed by atoms with van der Waals surface area (Å²) in [5.41, 5.74) is 1.90. The van der Waals surface area contributed by atoms with Crippen molar-refractivity contribution in [2.45, 2.75) is 0 Å². The lowest BCUT2D eigenvalue weighted by atomic mass is 10.2. The number of pyridine rings is 2. The van der Waals surface area contributed by atoms with Crippen LogP contribution in [0.3, 0.4) is 0 Å². The molecule has 0 spiro atoms. The number of hydrogen-bond donors (Lipinski definition) is 0. The molecule has 0 aliphatic carbocycles. The van der Waals surface area contributed by atoms with Crippen LogP contribution in [0.15, 0.2) is 61.4 Å². The molecule has 0 atom stereocenters. The molecular weight excluding hydrogens is 340 g/mol. The largest absolute Gasteiger partial charge is 0.283 e. The molecule has 4 heterocycles. The van der Waals surface area contributed by atoms with E-state index in [2.05, 4.69) is 19.9 Å². The number of thiazole rings is 2. The molecule has 4 rings (SSSR count). The zero-order chi connectivity index (χ0) is 16.4. The number of rotatable bonds is 4. The quantitative estimate of drug-likeness (QED) is 0.521. The first kappa shape index (κ1) is 14.8. The molecule has 24 heavy (non-hydrogen) atoms. The third-order valence-corrected chi connectivity index (χ3v) is 5.38. The molecular formula is C17H10N4OS2. The molecule has 116 valence electrons. The van der Waals surface area contributed by atoms with Crippen molar-refractivity contribution < 1.29 is 4.79 Å². The molecule has 0 radical (unpaired) electrons. The summed E-state index contributed by atoms with van der Waals surface area (Å²) in [6.07, 6.45) is 10.3. The van der Waals surface area contributed by atoms with Gasteiger partial charge in [-0.05, 0) is 12.1 Å². The van der Waals surface area contributed by atoms with Crippen LogP contribution in [0, 0.1) is 0 Å². The van der Waals surface area contributed by atoms with E-state index in [1.165, 1.54) is 22.7 Å². The number of ketones is 1. The fourth-order valence-electron chi connectivity index (χ4n) is 2.13. The summed E-state index contributed by atoms with van der Waals surface area (Å²) in [6, 6.07) is 7.60. The van der Waals surface area contributed by atoms with Gasteiger partial charge >= 0.3 is 0 Å². The maximum Gasteiger partial charge on any atom is 0.250 e. The minimum absolute atomic E-state index is 0.157. The van der Waals surface area contributed by atoms with Gasteiger partial charge in [-0.15, -0.1) is 22.7 Å². The van der Waals surface area contributed by atoms with Crippen molar-refractivity contribution in [2.75, 3.05) is 0 Å². The summed E-state index contributed by atoms with van der Waals surface area (Å²) in [7, 11) is 0. The highest BCUT2D eigenvalue weighted by Crippen LogP contribution is 2.30. The third-order valence-electron chi connectivity index (χ3n) is 3.29. The van der Waals surface area contributed by atoms with Crippen LogP contribution in [0.4, 0.5) is 0 Å². The van der Waals surface area contributed by atoms with E-state index < -0.39 is 0 Å². The zero-order valence-electron chi connectivity index (χ0n) is 12.3. The van der Waals surface area contributed by atoms with Crippen LogP contribution >= 0.6 is 22.7 Å². The Balaban J connectivity index is 1.61. The first-order valence-electron chi connectivity index (χ1n) is 7.08. The second-order valence-corrected chi connectivity index (χ2v) is 6.93. The lowest BCUT2D eigenvalue weighted by Crippen LogP contribution is -1.98. The maximum absolute atomic E-state index is 12.6. The van der Waals surface area contributed by atoms with Gasteiger partial charge in [-0.2, -0.15) is 0 Å². The fraction of sp³-hybridized carbons (Fsp3) is 0. The predicted molar refractivity (Wildman–Crippen MR) is 94.1 cm³/mol. The van der Waals surface area contributed by atoms with E-state index in [-0.39, 0.29) is 5.78 Å². The highest BCUT2D eigenvalue weighted by Gasteiger charge is 2.18. The summed E-state index contributed by atoms with van der Waals surface area (Å²) in [4.78, 5) is 31.1. The summed E-state index contributed by atoms with van der Waals surface area (Å²) in [6.45, 7) is 0. The van der Waals surface area contributed by atoms with Crippen LogP contribution in [-0.4, -0.2) is 25.7 Å². The third kappa shape index (κ3) is 2.86. The van der Waals surface area contributed by atoms with Gasteiger partial charge in [0.2, 0.25) is 5.78 Å². The molecule has 0 aliphatic rings. The summed E-state index contributed by atoms with van der Waals surface area (Å²) >= 11 is 2.70. The molecule has 0 unspecified atom stereocenters. The Hall–Kier alpha value is -2.77. The van der Waals surface area contributed by atoms with Crippen LogP contribution in [0.5, 0.6) is 0 Å². The molecule has 4 aromatic rings. The van der Waals surface area contributed by atoms with Gasteiger partial charge in [0.1, 0.15) is 0 Å². The van der Waals surface area contributed by atoms with E-state index in [0.717, 1.165) is 20.9 Å². The van der Waals surface area contributed by atoms with Crippen molar-refractivity contribution in [1.29, 1.82) is 0 Å². The average molecular weight is 350 g/mol. The van der Waals surface area contributed by atoms with E-state index in [0.29, 0.717) is 10.0 Å². The van der Waals surface area contributed by atoms with Crippen molar-refractivity contribution in [1.82, 2.24) is 19.9 Å². The van der Waals surface area contributed by atoms with Crippen LogP contribution in [-0.2, 0) is 0 Å². The monoisotopic (exact) mass is 350 g/mol. The van der Waals surface area contributed by atoms with E-state index in [1.807, 2.05) is 24.3 Å². The van der Waals surface area contributed by atoms with E-state index in [1.54, 1.807) is 37.2 Å². The first-order chi connectivity index (χ1) is 11.8. The molecule has 0 saturated carbocycles. The van der Waals surface area contributed by atoms with Crippen LogP contribution in [0.1, 0.15) is 14.8 Å². The van der Waals surface area contributed by atoms with Gasteiger partial charge in [0, 0.05) is 48.3 Å². The second kappa shape index (κ2) is 6.38. The van der Waals surface area contributed by atoms with Crippen molar-refractivity contribution >= 4 is 28.5 Å². The van der Waals surface area contributed by atoms with Crippen molar-refractivity contribution in [3.63, 3.8) is 0 Å². The Bertz CT molecular complexity index is 900. The molecule has 0 aromatic carbocycles. The average Bonchev–Trinajstić information content (AvgIpc) is 3.33. The Morgan fingerprint density at radius 3 is 1.67 bits per heavy atom. The molecule has 0 aliphatic heterocycles. The standard InChI is InChI=1S/C17H10N4OS2/c22-15(16-20-9-13(23-16)11-3-1-5-18-7-11)17-21-10-14(24-17)12-4-2-6-19-8-12/h1-10H. The Morgan fingerprint density at radius 1 is 0.750 bits per heavy atom. The number of aromatic nitrogens is 4. The Labute approximate surface area is 145 Å². The molecule has 7 heteroatoms. The molecule has 0 N–H and O–H groups in total. The minimum Gasteiger partial charge on any atom is -0.283 e. The number of carbonyl (C=O) groups is 1. The number of nitrogens with zero attached hydrogens (tertiary/aromatic N) is 4. The lowest BCUT2D eigenvalue weighted by molar-refractivity contribution is 0.103. The number of hydrogen-bond acceptors (Lipinski definition) is 7. The normalized spacial score (nSPS) is 10.7. The van der Waals surface area contributed by atoms with Crippen LogP contribution in [0.2, 0.25) is 0 Å². The molecule has 0 fully saturated rings. The van der Waals surface area contributed by atoms with E-state index >= 15 is 0 Å². The lowest BCUT2D eigenvalue weighted by Gasteiger charge is -1.94. The Morgan fingerprint density at radius 2 is 1.25 bits per heavy atom. The topological polar surface area (TPSA) is 68.6 Å². The van der Waals surface area contributed by atoms with Crippen molar-refractivity contribution in [3.05, 3.63) is 71.5 Å². The van der Waals surface area contributed by atoms with Crippen molar-refractivity contribution in [2.24, 2.45) is 0 Å². The Kier molecular flexibility index (Phi) is 3.94. The van der Waals surface area contributed by atoms with Gasteiger partial charge in [-0.1, -0.05) is 12.1 Å². The molecule has 0 saturated heterocycles. The highest BCUT2D eigenvalue weighted by atomic mass is 32.1. The van der Waals surface area contributed by atoms with Gasteiger partial charge in [-0.25, -0.2) is 9.97 Å². The van der Waals surface area contributed by atoms with Gasteiger partial charge in [0.15, 0.2) is 10.0 Å². The fourth-order valence-corrected chi connectivity index (χ4v) is 3.89. The van der Waals surface area contributed by atoms with E-state index in [4.69, 9.17) is 0 Å². The zero-order valence-corrected chi connectivity index (χ0v) is 13.9.